The first-order chi connectivity index (χ1) is 11.4. The number of hydrogen-bond donors (Lipinski definition) is 0. The van der Waals surface area contributed by atoms with Gasteiger partial charge in [-0.1, -0.05) is 26.0 Å². The quantitative estimate of drug-likeness (QED) is 0.834. The Morgan fingerprint density at radius 3 is 2.62 bits per heavy atom. The summed E-state index contributed by atoms with van der Waals surface area (Å²) in [7, 11) is -3.41. The van der Waals surface area contributed by atoms with Gasteiger partial charge >= 0.3 is 0 Å². The molecule has 0 N–H and O–H groups in total. The van der Waals surface area contributed by atoms with Gasteiger partial charge in [-0.2, -0.15) is 4.31 Å². The van der Waals surface area contributed by atoms with Crippen LogP contribution in [0.25, 0.3) is 0 Å². The average molecular weight is 353 g/mol. The van der Waals surface area contributed by atoms with E-state index in [1.165, 1.54) is 0 Å². The molecule has 1 aromatic rings. The van der Waals surface area contributed by atoms with Gasteiger partial charge < -0.3 is 4.74 Å². The van der Waals surface area contributed by atoms with Gasteiger partial charge in [-0.05, 0) is 36.0 Å². The van der Waals surface area contributed by atoms with E-state index in [-0.39, 0.29) is 5.41 Å². The second-order valence-corrected chi connectivity index (χ2v) is 9.58. The second-order valence-electron chi connectivity index (χ2n) is 7.64. The molecule has 134 valence electrons. The molecular formula is C18H28N2O3S. The number of benzene rings is 1. The predicted molar refractivity (Wildman–Crippen MR) is 94.3 cm³/mol. The fourth-order valence-corrected chi connectivity index (χ4v) is 5.28. The average Bonchev–Trinajstić information content (AvgIpc) is 2.55. The number of ether oxygens (including phenoxy) is 1. The summed E-state index contributed by atoms with van der Waals surface area (Å²) in [6.07, 6.45) is 2.01. The van der Waals surface area contributed by atoms with E-state index in [4.69, 9.17) is 4.74 Å². The van der Waals surface area contributed by atoms with E-state index in [2.05, 4.69) is 18.7 Å². The zero-order valence-electron chi connectivity index (χ0n) is 14.7. The number of hydrogen-bond acceptors (Lipinski definition) is 4. The number of rotatable bonds is 4. The van der Waals surface area contributed by atoms with Crippen LogP contribution in [0.2, 0.25) is 0 Å². The normalized spacial score (nSPS) is 23.2. The van der Waals surface area contributed by atoms with E-state index in [1.807, 2.05) is 18.2 Å². The van der Waals surface area contributed by atoms with Crippen molar-refractivity contribution < 1.29 is 13.2 Å². The molecule has 2 aliphatic heterocycles. The summed E-state index contributed by atoms with van der Waals surface area (Å²) < 4.78 is 33.1. The summed E-state index contributed by atoms with van der Waals surface area (Å²) in [5.74, 6) is 0. The Kier molecular flexibility index (Phi) is 5.30. The number of morpholine rings is 1. The molecule has 0 aromatic heterocycles. The molecular weight excluding hydrogens is 324 g/mol. The van der Waals surface area contributed by atoms with Crippen molar-refractivity contribution in [3.8, 4) is 0 Å². The van der Waals surface area contributed by atoms with Crippen molar-refractivity contribution in [2.75, 3.05) is 39.4 Å². The van der Waals surface area contributed by atoms with E-state index in [1.54, 1.807) is 10.4 Å². The van der Waals surface area contributed by atoms with E-state index in [0.29, 0.717) is 18.0 Å². The molecule has 0 saturated carbocycles. The van der Waals surface area contributed by atoms with Gasteiger partial charge in [-0.15, -0.1) is 0 Å². The first-order valence-electron chi connectivity index (χ1n) is 8.76. The third-order valence-electron chi connectivity index (χ3n) is 4.91. The van der Waals surface area contributed by atoms with Gasteiger partial charge in [-0.25, -0.2) is 8.42 Å². The van der Waals surface area contributed by atoms with Crippen LogP contribution in [0, 0.1) is 5.41 Å². The van der Waals surface area contributed by atoms with Crippen LogP contribution in [0.4, 0.5) is 0 Å². The van der Waals surface area contributed by atoms with Crippen LogP contribution in [0.5, 0.6) is 0 Å². The lowest BCUT2D eigenvalue weighted by Gasteiger charge is -2.37. The highest BCUT2D eigenvalue weighted by Crippen LogP contribution is 2.32. The third-order valence-corrected chi connectivity index (χ3v) is 6.75. The molecule has 2 heterocycles. The Morgan fingerprint density at radius 1 is 1.17 bits per heavy atom. The van der Waals surface area contributed by atoms with Crippen molar-refractivity contribution in [3.63, 3.8) is 0 Å². The van der Waals surface area contributed by atoms with Crippen LogP contribution in [0.3, 0.4) is 0 Å². The molecule has 0 unspecified atom stereocenters. The minimum absolute atomic E-state index is 0.0523. The molecule has 0 bridgehead atoms. The van der Waals surface area contributed by atoms with Crippen LogP contribution in [-0.2, 0) is 21.3 Å². The molecule has 3 rings (SSSR count). The predicted octanol–water partition coefficient (Wildman–Crippen LogP) is 2.33. The van der Waals surface area contributed by atoms with Crippen molar-refractivity contribution in [3.05, 3.63) is 29.8 Å². The highest BCUT2D eigenvalue weighted by Gasteiger charge is 2.34. The van der Waals surface area contributed by atoms with Gasteiger partial charge in [0.15, 0.2) is 0 Å². The van der Waals surface area contributed by atoms with Gasteiger partial charge in [0, 0.05) is 32.7 Å². The van der Waals surface area contributed by atoms with Gasteiger partial charge in [0.25, 0.3) is 0 Å². The monoisotopic (exact) mass is 352 g/mol. The van der Waals surface area contributed by atoms with Gasteiger partial charge in [0.1, 0.15) is 0 Å². The standard InChI is InChI=1S/C18H28N2O3S/c1-18(2)7-4-8-20(15-18)24(21,22)17-6-3-5-16(13-17)14-19-9-11-23-12-10-19/h3,5-6,13H,4,7-12,14-15H2,1-2H3. The molecule has 1 aromatic carbocycles. The zero-order chi connectivity index (χ0) is 17.2. The molecule has 0 atom stereocenters. The Morgan fingerprint density at radius 2 is 1.92 bits per heavy atom. The van der Waals surface area contributed by atoms with Crippen LogP contribution in [0.1, 0.15) is 32.3 Å². The van der Waals surface area contributed by atoms with Gasteiger partial charge in [0.2, 0.25) is 10.0 Å². The maximum Gasteiger partial charge on any atom is 0.243 e. The summed E-state index contributed by atoms with van der Waals surface area (Å²) in [5, 5.41) is 0. The van der Waals surface area contributed by atoms with Crippen LogP contribution < -0.4 is 0 Å². The minimum atomic E-state index is -3.41. The number of sulfonamides is 1. The smallest absolute Gasteiger partial charge is 0.243 e. The maximum absolute atomic E-state index is 13.0. The first-order valence-corrected chi connectivity index (χ1v) is 10.2. The second kappa shape index (κ2) is 7.12. The summed E-state index contributed by atoms with van der Waals surface area (Å²) in [5.41, 5.74) is 1.10. The lowest BCUT2D eigenvalue weighted by atomic mass is 9.85. The summed E-state index contributed by atoms with van der Waals surface area (Å²) in [6, 6.07) is 7.43. The summed E-state index contributed by atoms with van der Waals surface area (Å²) in [6.45, 7) is 9.59. The molecule has 0 spiro atoms. The molecule has 0 aliphatic carbocycles. The Hall–Kier alpha value is -0.950. The third kappa shape index (κ3) is 4.17. The van der Waals surface area contributed by atoms with Gasteiger partial charge in [0.05, 0.1) is 18.1 Å². The molecule has 2 aliphatic rings. The van der Waals surface area contributed by atoms with Crippen molar-refractivity contribution in [2.45, 2.75) is 38.1 Å². The van der Waals surface area contributed by atoms with Crippen molar-refractivity contribution in [2.24, 2.45) is 5.41 Å². The highest BCUT2D eigenvalue weighted by molar-refractivity contribution is 7.89. The Bertz CT molecular complexity index is 667. The van der Waals surface area contributed by atoms with Crippen molar-refractivity contribution in [1.29, 1.82) is 0 Å². The molecule has 0 amide bonds. The summed E-state index contributed by atoms with van der Waals surface area (Å²) in [4.78, 5) is 2.73. The van der Waals surface area contributed by atoms with Crippen molar-refractivity contribution in [1.82, 2.24) is 9.21 Å². The van der Waals surface area contributed by atoms with Crippen molar-refractivity contribution >= 4 is 10.0 Å². The lowest BCUT2D eigenvalue weighted by molar-refractivity contribution is 0.0341. The Labute approximate surface area is 145 Å². The minimum Gasteiger partial charge on any atom is -0.379 e. The van der Waals surface area contributed by atoms with E-state index < -0.39 is 10.0 Å². The highest BCUT2D eigenvalue weighted by atomic mass is 32.2. The molecule has 24 heavy (non-hydrogen) atoms. The molecule has 5 nitrogen and oxygen atoms in total. The van der Waals surface area contributed by atoms with Gasteiger partial charge in [-0.3, -0.25) is 4.90 Å². The maximum atomic E-state index is 13.0. The number of nitrogens with zero attached hydrogens (tertiary/aromatic N) is 2. The van der Waals surface area contributed by atoms with E-state index in [9.17, 15) is 8.42 Å². The first kappa shape index (κ1) is 17.9. The van der Waals surface area contributed by atoms with E-state index in [0.717, 1.165) is 51.3 Å². The van der Waals surface area contributed by atoms with Crippen LogP contribution in [-0.4, -0.2) is 57.0 Å². The SMILES string of the molecule is CC1(C)CCCN(S(=O)(=O)c2cccc(CN3CCOCC3)c2)C1. The fourth-order valence-electron chi connectivity index (χ4n) is 3.55. The fraction of sp³-hybridized carbons (Fsp3) is 0.667. The molecule has 2 saturated heterocycles. The van der Waals surface area contributed by atoms with Crippen LogP contribution in [0.15, 0.2) is 29.2 Å². The zero-order valence-corrected chi connectivity index (χ0v) is 15.5. The molecule has 6 heteroatoms. The molecule has 2 fully saturated rings. The largest absolute Gasteiger partial charge is 0.379 e. The lowest BCUT2D eigenvalue weighted by Crippen LogP contribution is -2.43. The Balaban J connectivity index is 1.76. The van der Waals surface area contributed by atoms with Crippen LogP contribution >= 0.6 is 0 Å². The van der Waals surface area contributed by atoms with E-state index >= 15 is 0 Å². The topological polar surface area (TPSA) is 49.9 Å². The number of piperidine rings is 1. The molecule has 0 radical (unpaired) electrons. The summed E-state index contributed by atoms with van der Waals surface area (Å²) >= 11 is 0.